The van der Waals surface area contributed by atoms with Crippen molar-refractivity contribution in [1.82, 2.24) is 14.2 Å². The van der Waals surface area contributed by atoms with Crippen LogP contribution in [0, 0.1) is 0 Å². The van der Waals surface area contributed by atoms with E-state index in [4.69, 9.17) is 14.5 Å². The number of halogens is 1. The highest BCUT2D eigenvalue weighted by molar-refractivity contribution is 7.89. The average molecular weight is 529 g/mol. The number of hydrogen-bond acceptors (Lipinski definition) is 8. The maximum Gasteiger partial charge on any atom is 0.260 e. The van der Waals surface area contributed by atoms with Crippen LogP contribution in [-0.4, -0.2) is 84.0 Å². The zero-order chi connectivity index (χ0) is 24.3. The van der Waals surface area contributed by atoms with Crippen LogP contribution in [-0.2, 0) is 10.0 Å². The van der Waals surface area contributed by atoms with Gasteiger partial charge in [0.1, 0.15) is 21.7 Å². The number of fused-ring (bicyclic) bond motifs is 1. The number of carbonyl (C=O) groups excluding carboxylic acids is 1. The molecule has 0 aliphatic carbocycles. The number of hydrogen-bond donors (Lipinski definition) is 0. The highest BCUT2D eigenvalue weighted by Crippen LogP contribution is 2.40. The Morgan fingerprint density at radius 3 is 2.06 bits per heavy atom. The third-order valence-electron chi connectivity index (χ3n) is 5.03. The zero-order valence-corrected chi connectivity index (χ0v) is 22.4. The van der Waals surface area contributed by atoms with Crippen molar-refractivity contribution in [2.24, 2.45) is 0 Å². The van der Waals surface area contributed by atoms with E-state index in [9.17, 15) is 13.2 Å². The highest BCUT2D eigenvalue weighted by atomic mass is 35.5. The van der Waals surface area contributed by atoms with Crippen LogP contribution in [0.1, 0.15) is 10.4 Å². The van der Waals surface area contributed by atoms with Crippen molar-refractivity contribution in [3.8, 4) is 11.5 Å². The lowest BCUT2D eigenvalue weighted by molar-refractivity contribution is 0.0985. The number of nitrogens with zero attached hydrogens (tertiary/aromatic N) is 4. The molecule has 0 saturated heterocycles. The van der Waals surface area contributed by atoms with Gasteiger partial charge in [-0.3, -0.25) is 9.69 Å². The molecule has 1 amide bonds. The molecule has 1 heterocycles. The van der Waals surface area contributed by atoms with Crippen molar-refractivity contribution >= 4 is 55.0 Å². The van der Waals surface area contributed by atoms with Crippen molar-refractivity contribution < 1.29 is 22.7 Å². The van der Waals surface area contributed by atoms with E-state index in [1.807, 2.05) is 19.0 Å². The predicted molar refractivity (Wildman–Crippen MR) is 138 cm³/mol. The van der Waals surface area contributed by atoms with Gasteiger partial charge in [-0.15, -0.1) is 12.4 Å². The number of ether oxygens (including phenoxy) is 2. The van der Waals surface area contributed by atoms with Crippen molar-refractivity contribution in [3.63, 3.8) is 0 Å². The third-order valence-corrected chi connectivity index (χ3v) is 7.95. The van der Waals surface area contributed by atoms with Crippen LogP contribution in [0.15, 0.2) is 41.3 Å². The Morgan fingerprint density at radius 2 is 1.53 bits per heavy atom. The number of methoxy groups -OCH3 is 2. The number of rotatable bonds is 9. The fourth-order valence-corrected chi connectivity index (χ4v) is 5.11. The molecule has 34 heavy (non-hydrogen) atoms. The fourth-order valence-electron chi connectivity index (χ4n) is 3.11. The number of aromatic nitrogens is 1. The Balaban J connectivity index is 0.00000408. The molecule has 12 heteroatoms. The van der Waals surface area contributed by atoms with Crippen molar-refractivity contribution in [1.29, 1.82) is 0 Å². The molecule has 3 rings (SSSR count). The van der Waals surface area contributed by atoms with Gasteiger partial charge in [-0.2, -0.15) is 0 Å². The van der Waals surface area contributed by atoms with Crippen LogP contribution in [0.3, 0.4) is 0 Å². The van der Waals surface area contributed by atoms with Crippen molar-refractivity contribution in [2.45, 2.75) is 4.90 Å². The topological polar surface area (TPSA) is 92.3 Å². The summed E-state index contributed by atoms with van der Waals surface area (Å²) in [6, 6.07) is 9.51. The molecule has 0 atom stereocenters. The van der Waals surface area contributed by atoms with Crippen LogP contribution in [0.2, 0.25) is 0 Å². The molecule has 0 aliphatic rings. The Kier molecular flexibility index (Phi) is 9.26. The van der Waals surface area contributed by atoms with E-state index in [1.165, 1.54) is 49.7 Å². The number of likely N-dealkylation sites (N-methyl/N-ethyl adjacent to an activating group) is 1. The lowest BCUT2D eigenvalue weighted by Gasteiger charge is -2.22. The van der Waals surface area contributed by atoms with Crippen LogP contribution in [0.25, 0.3) is 10.2 Å². The maximum absolute atomic E-state index is 13.5. The first-order valence-electron chi connectivity index (χ1n) is 10.1. The zero-order valence-electron chi connectivity index (χ0n) is 19.9. The summed E-state index contributed by atoms with van der Waals surface area (Å²) in [5.74, 6) is 0.960. The van der Waals surface area contributed by atoms with Gasteiger partial charge in [0.25, 0.3) is 5.91 Å². The second-order valence-electron chi connectivity index (χ2n) is 7.72. The van der Waals surface area contributed by atoms with Crippen LogP contribution in [0.4, 0.5) is 5.13 Å². The average Bonchev–Trinajstić information content (AvgIpc) is 3.23. The number of anilines is 1. The number of amides is 1. The highest BCUT2D eigenvalue weighted by Gasteiger charge is 2.25. The van der Waals surface area contributed by atoms with Gasteiger partial charge in [0.2, 0.25) is 10.0 Å². The SMILES string of the molecule is COc1ccc(OC)c2sc(N(CCN(C)C)C(=O)c3ccc(S(=O)(=O)N(C)C)cc3)nc12.Cl. The molecular formula is C22H29ClN4O5S2. The summed E-state index contributed by atoms with van der Waals surface area (Å²) in [4.78, 5) is 21.9. The number of thiazole rings is 1. The summed E-state index contributed by atoms with van der Waals surface area (Å²) >= 11 is 1.34. The first-order chi connectivity index (χ1) is 15.6. The summed E-state index contributed by atoms with van der Waals surface area (Å²) in [6.07, 6.45) is 0. The summed E-state index contributed by atoms with van der Waals surface area (Å²) in [7, 11) is 6.35. The van der Waals surface area contributed by atoms with Gasteiger partial charge in [-0.25, -0.2) is 17.7 Å². The van der Waals surface area contributed by atoms with Crippen LogP contribution in [0.5, 0.6) is 11.5 Å². The minimum Gasteiger partial charge on any atom is -0.495 e. The van der Waals surface area contributed by atoms with E-state index < -0.39 is 10.0 Å². The monoisotopic (exact) mass is 528 g/mol. The molecule has 2 aromatic carbocycles. The van der Waals surface area contributed by atoms with Crippen molar-refractivity contribution in [2.75, 3.05) is 60.4 Å². The molecule has 0 radical (unpaired) electrons. The van der Waals surface area contributed by atoms with Gasteiger partial charge in [0.05, 0.1) is 19.1 Å². The molecule has 3 aromatic rings. The van der Waals surface area contributed by atoms with Crippen LogP contribution < -0.4 is 14.4 Å². The molecular weight excluding hydrogens is 500 g/mol. The smallest absolute Gasteiger partial charge is 0.260 e. The standard InChI is InChI=1S/C22H28N4O5S2.ClH/c1-24(2)13-14-26(21(27)15-7-9-16(10-8-15)33(28,29)25(3)4)22-23-19-17(30-5)11-12-18(31-6)20(19)32-22;/h7-12H,13-14H2,1-6H3;1H. The molecule has 0 fully saturated rings. The van der Waals surface area contributed by atoms with E-state index in [-0.39, 0.29) is 23.2 Å². The fraction of sp³-hybridized carbons (Fsp3) is 0.364. The normalized spacial score (nSPS) is 11.5. The summed E-state index contributed by atoms with van der Waals surface area (Å²) in [5.41, 5.74) is 0.983. The molecule has 0 bridgehead atoms. The summed E-state index contributed by atoms with van der Waals surface area (Å²) in [5, 5.41) is 0.504. The largest absolute Gasteiger partial charge is 0.495 e. The van der Waals surface area contributed by atoms with E-state index in [0.717, 1.165) is 9.01 Å². The quantitative estimate of drug-likeness (QED) is 0.421. The molecule has 186 valence electrons. The molecule has 1 aromatic heterocycles. The second-order valence-corrected chi connectivity index (χ2v) is 10.8. The molecule has 0 aliphatic heterocycles. The minimum absolute atomic E-state index is 0. The summed E-state index contributed by atoms with van der Waals surface area (Å²) in [6.45, 7) is 1.01. The molecule has 9 nitrogen and oxygen atoms in total. The van der Waals surface area contributed by atoms with Gasteiger partial charge in [0, 0.05) is 32.7 Å². The van der Waals surface area contributed by atoms with E-state index in [2.05, 4.69) is 0 Å². The summed E-state index contributed by atoms with van der Waals surface area (Å²) < 4.78 is 37.5. The number of benzene rings is 2. The molecule has 0 unspecified atom stereocenters. The predicted octanol–water partition coefficient (Wildman–Crippen LogP) is 3.19. The first-order valence-corrected chi connectivity index (χ1v) is 12.4. The van der Waals surface area contributed by atoms with Gasteiger partial charge in [-0.05, 0) is 50.5 Å². The molecule has 0 saturated carbocycles. The Morgan fingerprint density at radius 1 is 0.941 bits per heavy atom. The van der Waals surface area contributed by atoms with Gasteiger partial charge in [-0.1, -0.05) is 11.3 Å². The molecule has 0 N–H and O–H groups in total. The van der Waals surface area contributed by atoms with Gasteiger partial charge < -0.3 is 14.4 Å². The third kappa shape index (κ3) is 5.61. The van der Waals surface area contributed by atoms with Gasteiger partial charge in [0.15, 0.2) is 5.13 Å². The lowest BCUT2D eigenvalue weighted by Crippen LogP contribution is -2.36. The second kappa shape index (κ2) is 11.3. The minimum atomic E-state index is -3.58. The number of sulfonamides is 1. The number of carbonyl (C=O) groups is 1. The van der Waals surface area contributed by atoms with E-state index in [0.29, 0.717) is 40.8 Å². The Hall–Kier alpha value is -2.44. The first kappa shape index (κ1) is 27.8. The maximum atomic E-state index is 13.5. The van der Waals surface area contributed by atoms with Gasteiger partial charge >= 0.3 is 0 Å². The lowest BCUT2D eigenvalue weighted by atomic mass is 10.2. The Bertz CT molecular complexity index is 1200. The van der Waals surface area contributed by atoms with E-state index in [1.54, 1.807) is 31.3 Å². The van der Waals surface area contributed by atoms with Crippen molar-refractivity contribution in [3.05, 3.63) is 42.0 Å². The Labute approximate surface area is 210 Å². The molecule has 0 spiro atoms. The van der Waals surface area contributed by atoms with E-state index >= 15 is 0 Å². The van der Waals surface area contributed by atoms with Crippen LogP contribution >= 0.6 is 23.7 Å².